The van der Waals surface area contributed by atoms with Crippen molar-refractivity contribution in [3.8, 4) is 0 Å². The van der Waals surface area contributed by atoms with Crippen LogP contribution in [-0.2, 0) is 17.9 Å². The van der Waals surface area contributed by atoms with Gasteiger partial charge in [0.15, 0.2) is 5.65 Å². The van der Waals surface area contributed by atoms with E-state index in [2.05, 4.69) is 22.4 Å². The van der Waals surface area contributed by atoms with Crippen molar-refractivity contribution >= 4 is 17.1 Å². The number of rotatable bonds is 7. The van der Waals surface area contributed by atoms with Gasteiger partial charge in [-0.25, -0.2) is 9.78 Å². The summed E-state index contributed by atoms with van der Waals surface area (Å²) in [4.78, 5) is 29.7. The molecule has 0 atom stereocenters. The summed E-state index contributed by atoms with van der Waals surface area (Å²) < 4.78 is 3.42. The van der Waals surface area contributed by atoms with Gasteiger partial charge in [0.1, 0.15) is 0 Å². The van der Waals surface area contributed by atoms with E-state index in [9.17, 15) is 9.59 Å². The van der Waals surface area contributed by atoms with Gasteiger partial charge >= 0.3 is 5.69 Å². The molecule has 0 spiro atoms. The van der Waals surface area contributed by atoms with E-state index in [1.807, 2.05) is 31.2 Å². The lowest BCUT2D eigenvalue weighted by Gasteiger charge is -2.09. The van der Waals surface area contributed by atoms with E-state index < -0.39 is 0 Å². The van der Waals surface area contributed by atoms with Gasteiger partial charge < -0.3 is 5.32 Å². The van der Waals surface area contributed by atoms with Gasteiger partial charge in [-0.15, -0.1) is 0 Å². The fraction of sp³-hybridized carbons (Fsp3) is 0.435. The van der Waals surface area contributed by atoms with Crippen LogP contribution in [0.4, 0.5) is 0 Å². The van der Waals surface area contributed by atoms with Gasteiger partial charge in [0.05, 0.1) is 12.1 Å². The quantitative estimate of drug-likeness (QED) is 0.671. The van der Waals surface area contributed by atoms with Crippen molar-refractivity contribution in [2.75, 3.05) is 6.54 Å². The first-order valence-electron chi connectivity index (χ1n) is 10.5. The third-order valence-electron chi connectivity index (χ3n) is 5.84. The highest BCUT2D eigenvalue weighted by Gasteiger charge is 2.19. The van der Waals surface area contributed by atoms with E-state index >= 15 is 0 Å². The molecule has 152 valence electrons. The van der Waals surface area contributed by atoms with Crippen molar-refractivity contribution in [1.29, 1.82) is 0 Å². The topological polar surface area (TPSA) is 68.9 Å². The Labute approximate surface area is 170 Å². The minimum atomic E-state index is -0.0932. The minimum absolute atomic E-state index is 0.0845. The first-order chi connectivity index (χ1) is 14.1. The zero-order valence-corrected chi connectivity index (χ0v) is 16.9. The number of amides is 1. The molecule has 3 aromatic rings. The number of hydrogen-bond acceptors (Lipinski definition) is 3. The Bertz CT molecular complexity index is 1040. The molecule has 4 rings (SSSR count). The zero-order valence-electron chi connectivity index (χ0n) is 16.9. The molecule has 2 aromatic heterocycles. The highest BCUT2D eigenvalue weighted by atomic mass is 16.2. The highest BCUT2D eigenvalue weighted by molar-refractivity contribution is 5.76. The summed E-state index contributed by atoms with van der Waals surface area (Å²) in [5.74, 6) is 0.608. The lowest BCUT2D eigenvalue weighted by molar-refractivity contribution is -0.122. The number of carbonyl (C=O) groups is 1. The molecule has 1 aromatic carbocycles. The maximum atomic E-state index is 13.1. The van der Waals surface area contributed by atoms with Gasteiger partial charge in [-0.05, 0) is 43.4 Å². The normalized spacial score (nSPS) is 14.5. The molecule has 1 fully saturated rings. The molecule has 6 heteroatoms. The number of fused-ring (bicyclic) bond motifs is 1. The smallest absolute Gasteiger partial charge is 0.330 e. The first kappa shape index (κ1) is 19.4. The predicted octanol–water partition coefficient (Wildman–Crippen LogP) is 3.25. The number of benzene rings is 1. The molecule has 1 N–H and O–H groups in total. The van der Waals surface area contributed by atoms with Crippen molar-refractivity contribution in [3.63, 3.8) is 0 Å². The number of aromatic nitrogens is 3. The number of nitrogens with one attached hydrogen (secondary N) is 1. The third-order valence-corrected chi connectivity index (χ3v) is 5.84. The molecule has 1 saturated carbocycles. The molecule has 0 unspecified atom stereocenters. The van der Waals surface area contributed by atoms with Crippen LogP contribution in [0.15, 0.2) is 47.4 Å². The maximum Gasteiger partial charge on any atom is 0.330 e. The van der Waals surface area contributed by atoms with Crippen LogP contribution in [0, 0.1) is 12.8 Å². The summed E-state index contributed by atoms with van der Waals surface area (Å²) in [6.07, 6.45) is 7.08. The van der Waals surface area contributed by atoms with E-state index in [0.717, 1.165) is 23.9 Å². The van der Waals surface area contributed by atoms with Crippen LogP contribution in [0.25, 0.3) is 11.2 Å². The van der Waals surface area contributed by atoms with E-state index in [1.54, 1.807) is 15.3 Å². The fourth-order valence-electron chi connectivity index (χ4n) is 4.23. The van der Waals surface area contributed by atoms with Gasteiger partial charge in [-0.3, -0.25) is 13.9 Å². The van der Waals surface area contributed by atoms with Crippen molar-refractivity contribution in [3.05, 3.63) is 64.2 Å². The van der Waals surface area contributed by atoms with Crippen LogP contribution in [0.1, 0.15) is 43.2 Å². The second-order valence-electron chi connectivity index (χ2n) is 8.06. The molecule has 2 heterocycles. The zero-order chi connectivity index (χ0) is 20.2. The molecular formula is C23H28N4O2. The van der Waals surface area contributed by atoms with Crippen molar-refractivity contribution in [1.82, 2.24) is 19.4 Å². The summed E-state index contributed by atoms with van der Waals surface area (Å²) in [7, 11) is 0. The fourth-order valence-corrected chi connectivity index (χ4v) is 4.23. The van der Waals surface area contributed by atoms with Crippen LogP contribution in [-0.4, -0.2) is 26.6 Å². The Morgan fingerprint density at radius 2 is 1.90 bits per heavy atom. The lowest BCUT2D eigenvalue weighted by atomic mass is 10.0. The standard InChI is InChI=1S/C23H28N4O2/c1-17-8-10-19(11-9-17)16-27-20-7-4-12-25-22(20)26(23(27)29)14-13-24-21(28)15-18-5-2-3-6-18/h4,7-12,18H,2-3,5-6,13-16H2,1H3,(H,24,28). The largest absolute Gasteiger partial charge is 0.354 e. The van der Waals surface area contributed by atoms with Gasteiger partial charge in [0, 0.05) is 25.7 Å². The first-order valence-corrected chi connectivity index (χ1v) is 10.5. The van der Waals surface area contributed by atoms with E-state index in [1.165, 1.54) is 18.4 Å². The van der Waals surface area contributed by atoms with Crippen molar-refractivity contribution < 1.29 is 4.79 Å². The van der Waals surface area contributed by atoms with E-state index in [-0.39, 0.29) is 11.6 Å². The Kier molecular flexibility index (Phi) is 5.79. The number of pyridine rings is 1. The molecule has 0 radical (unpaired) electrons. The summed E-state index contributed by atoms with van der Waals surface area (Å²) in [6.45, 7) is 3.41. The van der Waals surface area contributed by atoms with Crippen LogP contribution in [0.3, 0.4) is 0 Å². The molecule has 0 saturated heterocycles. The minimum Gasteiger partial charge on any atom is -0.354 e. The average Bonchev–Trinajstić information content (AvgIpc) is 3.32. The summed E-state index contributed by atoms with van der Waals surface area (Å²) >= 11 is 0. The number of hydrogen-bond donors (Lipinski definition) is 1. The van der Waals surface area contributed by atoms with Gasteiger partial charge in [0.25, 0.3) is 0 Å². The molecule has 29 heavy (non-hydrogen) atoms. The summed E-state index contributed by atoms with van der Waals surface area (Å²) in [5, 5.41) is 2.98. The molecule has 0 bridgehead atoms. The molecular weight excluding hydrogens is 364 g/mol. The van der Waals surface area contributed by atoms with Crippen LogP contribution >= 0.6 is 0 Å². The molecule has 6 nitrogen and oxygen atoms in total. The average molecular weight is 393 g/mol. The van der Waals surface area contributed by atoms with Gasteiger partial charge in [0.2, 0.25) is 5.91 Å². The summed E-state index contributed by atoms with van der Waals surface area (Å²) in [6, 6.07) is 12.0. The number of aryl methyl sites for hydroxylation is 1. The number of imidazole rings is 1. The van der Waals surface area contributed by atoms with E-state index in [4.69, 9.17) is 0 Å². The molecule has 1 amide bonds. The highest BCUT2D eigenvalue weighted by Crippen LogP contribution is 2.27. The van der Waals surface area contributed by atoms with Crippen LogP contribution in [0.2, 0.25) is 0 Å². The van der Waals surface area contributed by atoms with Gasteiger partial charge in [-0.2, -0.15) is 0 Å². The number of carbonyl (C=O) groups excluding carboxylic acids is 1. The van der Waals surface area contributed by atoms with Gasteiger partial charge in [-0.1, -0.05) is 42.7 Å². The number of nitrogens with zero attached hydrogens (tertiary/aromatic N) is 3. The molecule has 1 aliphatic carbocycles. The van der Waals surface area contributed by atoms with Crippen molar-refractivity contribution in [2.45, 2.75) is 52.1 Å². The lowest BCUT2D eigenvalue weighted by Crippen LogP contribution is -2.32. The Hall–Kier alpha value is -2.89. The SMILES string of the molecule is Cc1ccc(Cn2c(=O)n(CCNC(=O)CC3CCCC3)c3ncccc32)cc1. The third kappa shape index (κ3) is 4.42. The van der Waals surface area contributed by atoms with Crippen LogP contribution in [0.5, 0.6) is 0 Å². The van der Waals surface area contributed by atoms with E-state index in [0.29, 0.717) is 37.6 Å². The second kappa shape index (κ2) is 8.64. The molecule has 1 aliphatic rings. The second-order valence-corrected chi connectivity index (χ2v) is 8.06. The molecule has 0 aliphatic heterocycles. The predicted molar refractivity (Wildman–Crippen MR) is 114 cm³/mol. The Morgan fingerprint density at radius 1 is 1.14 bits per heavy atom. The van der Waals surface area contributed by atoms with Crippen molar-refractivity contribution in [2.24, 2.45) is 5.92 Å². The summed E-state index contributed by atoms with van der Waals surface area (Å²) in [5.41, 5.74) is 3.65. The monoisotopic (exact) mass is 392 g/mol. The Balaban J connectivity index is 1.49. The maximum absolute atomic E-state index is 13.1. The van der Waals surface area contributed by atoms with Crippen LogP contribution < -0.4 is 11.0 Å². The Morgan fingerprint density at radius 3 is 2.66 bits per heavy atom.